The largest absolute Gasteiger partial charge is 0.466 e. The summed E-state index contributed by atoms with van der Waals surface area (Å²) in [4.78, 5) is 24.4. The smallest absolute Gasteiger partial charge is 0.338 e. The number of ether oxygens (including phenoxy) is 1. The SMILES string of the molecule is COC(=O)C1=C2C[C@H](CS(=O)(=O)c3ccccc3)CN2C(c2nccs2)=N[C@H]1c1ccc(F)cc1Cl. The van der Waals surface area contributed by atoms with Gasteiger partial charge in [-0.05, 0) is 36.6 Å². The molecule has 1 saturated heterocycles. The summed E-state index contributed by atoms with van der Waals surface area (Å²) in [6.07, 6.45) is 1.96. The molecule has 1 fully saturated rings. The summed E-state index contributed by atoms with van der Waals surface area (Å²) < 4.78 is 45.1. The quantitative estimate of drug-likeness (QED) is 0.419. The number of amidine groups is 1. The van der Waals surface area contributed by atoms with E-state index in [-0.39, 0.29) is 27.2 Å². The number of aliphatic imine (C=N–C) groups is 1. The van der Waals surface area contributed by atoms with Gasteiger partial charge >= 0.3 is 5.97 Å². The second-order valence-corrected chi connectivity index (χ2v) is 11.8. The Hall–Kier alpha value is -3.08. The van der Waals surface area contributed by atoms with Crippen LogP contribution in [0.5, 0.6) is 0 Å². The number of benzene rings is 2. The number of carbonyl (C=O) groups is 1. The van der Waals surface area contributed by atoms with Crippen molar-refractivity contribution in [3.63, 3.8) is 0 Å². The number of halogens is 2. The molecular weight excluding hydrogens is 525 g/mol. The van der Waals surface area contributed by atoms with Crippen LogP contribution >= 0.6 is 22.9 Å². The van der Waals surface area contributed by atoms with Crippen LogP contribution in [0.1, 0.15) is 23.0 Å². The summed E-state index contributed by atoms with van der Waals surface area (Å²) in [6.45, 7) is 0.337. The Balaban J connectivity index is 1.60. The third kappa shape index (κ3) is 4.56. The number of rotatable bonds is 6. The third-order valence-electron chi connectivity index (χ3n) is 6.18. The fraction of sp³-hybridized carbons (Fsp3) is 0.240. The van der Waals surface area contributed by atoms with Crippen molar-refractivity contribution >= 4 is 44.6 Å². The fourth-order valence-electron chi connectivity index (χ4n) is 4.64. The minimum Gasteiger partial charge on any atom is -0.466 e. The molecule has 186 valence electrons. The maximum Gasteiger partial charge on any atom is 0.338 e. The van der Waals surface area contributed by atoms with Gasteiger partial charge in [-0.2, -0.15) is 0 Å². The molecule has 0 radical (unpaired) electrons. The molecule has 36 heavy (non-hydrogen) atoms. The van der Waals surface area contributed by atoms with E-state index in [2.05, 4.69) is 4.98 Å². The van der Waals surface area contributed by atoms with Gasteiger partial charge in [0.2, 0.25) is 0 Å². The number of allylic oxidation sites excluding steroid dienone is 1. The van der Waals surface area contributed by atoms with Crippen molar-refractivity contribution in [2.24, 2.45) is 10.9 Å². The first-order valence-electron chi connectivity index (χ1n) is 11.1. The zero-order valence-electron chi connectivity index (χ0n) is 19.1. The lowest BCUT2D eigenvalue weighted by Gasteiger charge is -2.31. The number of methoxy groups -OCH3 is 1. The van der Waals surface area contributed by atoms with E-state index in [0.717, 1.165) is 0 Å². The predicted molar refractivity (Wildman–Crippen MR) is 135 cm³/mol. The Morgan fingerprint density at radius 2 is 2.03 bits per heavy atom. The molecule has 0 saturated carbocycles. The number of hydrogen-bond acceptors (Lipinski definition) is 8. The highest BCUT2D eigenvalue weighted by atomic mass is 35.5. The zero-order chi connectivity index (χ0) is 25.4. The normalized spacial score (nSPS) is 19.8. The molecular formula is C25H21ClFN3O4S2. The van der Waals surface area contributed by atoms with Gasteiger partial charge in [-0.1, -0.05) is 35.9 Å². The monoisotopic (exact) mass is 545 g/mol. The topological polar surface area (TPSA) is 88.9 Å². The van der Waals surface area contributed by atoms with Crippen molar-refractivity contribution in [2.75, 3.05) is 19.4 Å². The van der Waals surface area contributed by atoms with Crippen molar-refractivity contribution in [3.05, 3.63) is 92.8 Å². The number of aromatic nitrogens is 1. The summed E-state index contributed by atoms with van der Waals surface area (Å²) in [5.41, 5.74) is 1.31. The maximum atomic E-state index is 13.8. The van der Waals surface area contributed by atoms with Crippen molar-refractivity contribution in [2.45, 2.75) is 17.4 Å². The molecule has 2 aliphatic rings. The lowest BCUT2D eigenvalue weighted by atomic mass is 9.94. The van der Waals surface area contributed by atoms with E-state index in [1.807, 2.05) is 10.3 Å². The van der Waals surface area contributed by atoms with E-state index in [4.69, 9.17) is 21.3 Å². The average molecular weight is 546 g/mol. The molecule has 3 heterocycles. The summed E-state index contributed by atoms with van der Waals surface area (Å²) in [6, 6.07) is 11.4. The Morgan fingerprint density at radius 3 is 2.69 bits per heavy atom. The van der Waals surface area contributed by atoms with E-state index < -0.39 is 27.7 Å². The number of fused-ring (bicyclic) bond motifs is 1. The summed E-state index contributed by atoms with van der Waals surface area (Å²) in [7, 11) is -2.29. The van der Waals surface area contributed by atoms with Gasteiger partial charge in [0.15, 0.2) is 20.7 Å². The van der Waals surface area contributed by atoms with E-state index >= 15 is 0 Å². The number of sulfone groups is 1. The number of hydrogen-bond donors (Lipinski definition) is 0. The molecule has 0 N–H and O–H groups in total. The summed E-state index contributed by atoms with van der Waals surface area (Å²) in [5.74, 6) is -1.01. The molecule has 0 amide bonds. The molecule has 0 aliphatic carbocycles. The number of nitrogens with zero attached hydrogens (tertiary/aromatic N) is 3. The Kier molecular flexibility index (Phi) is 6.67. The Morgan fingerprint density at radius 1 is 1.25 bits per heavy atom. The lowest BCUT2D eigenvalue weighted by Crippen LogP contribution is -2.35. The van der Waals surface area contributed by atoms with E-state index in [1.165, 1.54) is 36.6 Å². The van der Waals surface area contributed by atoms with Crippen molar-refractivity contribution in [1.82, 2.24) is 9.88 Å². The number of esters is 1. The fourth-order valence-corrected chi connectivity index (χ4v) is 7.16. The van der Waals surface area contributed by atoms with Crippen molar-refractivity contribution in [3.8, 4) is 0 Å². The molecule has 3 aromatic rings. The van der Waals surface area contributed by atoms with Crippen LogP contribution in [0.3, 0.4) is 0 Å². The molecule has 0 bridgehead atoms. The first-order valence-corrected chi connectivity index (χ1v) is 14.0. The van der Waals surface area contributed by atoms with Gasteiger partial charge in [-0.3, -0.25) is 4.99 Å². The first kappa shape index (κ1) is 24.6. The van der Waals surface area contributed by atoms with Gasteiger partial charge in [-0.15, -0.1) is 11.3 Å². The van der Waals surface area contributed by atoms with Gasteiger partial charge in [0.05, 0.1) is 23.3 Å². The molecule has 7 nitrogen and oxygen atoms in total. The van der Waals surface area contributed by atoms with Gasteiger partial charge in [-0.25, -0.2) is 22.6 Å². The molecule has 11 heteroatoms. The molecule has 1 aromatic heterocycles. The van der Waals surface area contributed by atoms with Crippen molar-refractivity contribution < 1.29 is 22.3 Å². The molecule has 2 aromatic carbocycles. The van der Waals surface area contributed by atoms with E-state index in [0.29, 0.717) is 35.1 Å². The van der Waals surface area contributed by atoms with Crippen LogP contribution in [0, 0.1) is 11.7 Å². The maximum absolute atomic E-state index is 13.8. The van der Waals surface area contributed by atoms with Gasteiger partial charge in [0.1, 0.15) is 11.9 Å². The van der Waals surface area contributed by atoms with Crippen LogP contribution in [-0.2, 0) is 19.4 Å². The van der Waals surface area contributed by atoms with Crippen LogP contribution < -0.4 is 0 Å². The highest BCUT2D eigenvalue weighted by Crippen LogP contribution is 2.44. The van der Waals surface area contributed by atoms with Crippen LogP contribution in [-0.4, -0.2) is 49.5 Å². The Bertz CT molecular complexity index is 1470. The van der Waals surface area contributed by atoms with Crippen LogP contribution in [0.2, 0.25) is 5.02 Å². The minimum atomic E-state index is -3.56. The minimum absolute atomic E-state index is 0.0986. The standard InChI is InChI=1S/C25H21ClFN3O4S2/c1-34-25(31)21-20-11-15(14-36(32,33)17-5-3-2-4-6-17)13-30(20)23(24-28-9-10-35-24)29-22(21)18-8-7-16(27)12-19(18)26/h2-10,12,15,22H,11,13-14H2,1H3/t15-,22-/m0/s1. The van der Waals surface area contributed by atoms with E-state index in [9.17, 15) is 17.6 Å². The highest BCUT2D eigenvalue weighted by Gasteiger charge is 2.43. The summed E-state index contributed by atoms with van der Waals surface area (Å²) in [5, 5.41) is 2.55. The second-order valence-electron chi connectivity index (χ2n) is 8.49. The molecule has 2 aliphatic heterocycles. The van der Waals surface area contributed by atoms with Crippen molar-refractivity contribution in [1.29, 1.82) is 0 Å². The van der Waals surface area contributed by atoms with Gasteiger partial charge in [0.25, 0.3) is 0 Å². The third-order valence-corrected chi connectivity index (χ3v) is 9.18. The molecule has 5 rings (SSSR count). The second kappa shape index (κ2) is 9.76. The highest BCUT2D eigenvalue weighted by molar-refractivity contribution is 7.91. The number of thiazole rings is 1. The van der Waals surface area contributed by atoms with Gasteiger partial charge < -0.3 is 9.64 Å². The number of carbonyl (C=O) groups excluding carboxylic acids is 1. The Labute approximate surface area is 216 Å². The predicted octanol–water partition coefficient (Wildman–Crippen LogP) is 4.66. The van der Waals surface area contributed by atoms with Crippen LogP contribution in [0.4, 0.5) is 4.39 Å². The first-order chi connectivity index (χ1) is 17.3. The van der Waals surface area contributed by atoms with Crippen LogP contribution in [0.15, 0.2) is 81.3 Å². The van der Waals surface area contributed by atoms with Crippen LogP contribution in [0.25, 0.3) is 0 Å². The summed E-state index contributed by atoms with van der Waals surface area (Å²) >= 11 is 7.76. The average Bonchev–Trinajstić information content (AvgIpc) is 3.53. The zero-order valence-corrected chi connectivity index (χ0v) is 21.5. The van der Waals surface area contributed by atoms with E-state index in [1.54, 1.807) is 36.5 Å². The molecule has 2 atom stereocenters. The lowest BCUT2D eigenvalue weighted by molar-refractivity contribution is -0.136. The van der Waals surface area contributed by atoms with Gasteiger partial charge in [0, 0.05) is 34.4 Å². The molecule has 0 spiro atoms. The molecule has 0 unspecified atom stereocenters.